The molecule has 24 heavy (non-hydrogen) atoms. The number of nitrogens with two attached hydrogens (primary N) is 1. The third-order valence-corrected chi connectivity index (χ3v) is 4.62. The fourth-order valence-electron chi connectivity index (χ4n) is 3.22. The summed E-state index contributed by atoms with van der Waals surface area (Å²) in [5.41, 5.74) is 6.32. The second-order valence-corrected chi connectivity index (χ2v) is 6.35. The lowest BCUT2D eigenvalue weighted by Crippen LogP contribution is -2.40. The number of carbonyl (C=O) groups excluding carboxylic acids is 1. The van der Waals surface area contributed by atoms with Crippen LogP contribution < -0.4 is 11.1 Å². The van der Waals surface area contributed by atoms with Crippen LogP contribution >= 0.6 is 0 Å². The molecule has 1 aromatic heterocycles. The van der Waals surface area contributed by atoms with E-state index in [1.807, 2.05) is 30.3 Å². The van der Waals surface area contributed by atoms with Crippen LogP contribution in [0.25, 0.3) is 11.4 Å². The molecule has 1 heterocycles. The molecule has 0 saturated heterocycles. The Labute approximate surface area is 141 Å². The lowest BCUT2D eigenvalue weighted by atomic mass is 9.84. The molecule has 1 saturated carbocycles. The van der Waals surface area contributed by atoms with E-state index in [0.717, 1.165) is 44.2 Å². The average molecular weight is 328 g/mol. The standard InChI is InChI=1S/C17H24N6O/c18-12-16(24)19-15-8-6-13(7-9-15)10-11-23-21-17(20-22-23)14-4-2-1-3-5-14/h1-5,13,15H,6-12,18H2,(H,19,24). The van der Waals surface area contributed by atoms with Crippen LogP contribution in [0.5, 0.6) is 0 Å². The molecule has 0 unspecified atom stereocenters. The average Bonchev–Trinajstić information content (AvgIpc) is 3.11. The number of benzene rings is 1. The van der Waals surface area contributed by atoms with E-state index in [4.69, 9.17) is 5.73 Å². The molecule has 3 N–H and O–H groups in total. The van der Waals surface area contributed by atoms with Gasteiger partial charge in [0.25, 0.3) is 0 Å². The third-order valence-electron chi connectivity index (χ3n) is 4.62. The van der Waals surface area contributed by atoms with Crippen LogP contribution in [0.15, 0.2) is 30.3 Å². The van der Waals surface area contributed by atoms with E-state index < -0.39 is 0 Å². The first kappa shape index (κ1) is 16.6. The molecule has 0 aliphatic heterocycles. The van der Waals surface area contributed by atoms with Gasteiger partial charge >= 0.3 is 0 Å². The van der Waals surface area contributed by atoms with E-state index in [-0.39, 0.29) is 18.5 Å². The minimum Gasteiger partial charge on any atom is -0.352 e. The Morgan fingerprint density at radius 1 is 1.21 bits per heavy atom. The summed E-state index contributed by atoms with van der Waals surface area (Å²) < 4.78 is 0. The zero-order valence-electron chi connectivity index (χ0n) is 13.8. The van der Waals surface area contributed by atoms with Crippen LogP contribution in [-0.4, -0.2) is 38.7 Å². The van der Waals surface area contributed by atoms with Gasteiger partial charge in [0.05, 0.1) is 13.1 Å². The van der Waals surface area contributed by atoms with Crippen molar-refractivity contribution in [1.82, 2.24) is 25.5 Å². The number of hydrogen-bond donors (Lipinski definition) is 2. The van der Waals surface area contributed by atoms with E-state index in [2.05, 4.69) is 20.7 Å². The van der Waals surface area contributed by atoms with Crippen LogP contribution in [0.4, 0.5) is 0 Å². The molecule has 1 aliphatic rings. The molecular weight excluding hydrogens is 304 g/mol. The van der Waals surface area contributed by atoms with E-state index in [0.29, 0.717) is 11.7 Å². The number of aromatic nitrogens is 4. The number of rotatable bonds is 6. The summed E-state index contributed by atoms with van der Waals surface area (Å²) in [6, 6.07) is 10.2. The summed E-state index contributed by atoms with van der Waals surface area (Å²) in [5, 5.41) is 15.7. The predicted octanol–water partition coefficient (Wildman–Crippen LogP) is 1.36. The minimum absolute atomic E-state index is 0.0568. The lowest BCUT2D eigenvalue weighted by molar-refractivity contribution is -0.120. The Morgan fingerprint density at radius 3 is 2.67 bits per heavy atom. The fraction of sp³-hybridized carbons (Fsp3) is 0.529. The zero-order valence-corrected chi connectivity index (χ0v) is 13.8. The van der Waals surface area contributed by atoms with Crippen molar-refractivity contribution in [3.63, 3.8) is 0 Å². The maximum absolute atomic E-state index is 11.3. The number of nitrogens with one attached hydrogen (secondary N) is 1. The first-order valence-electron chi connectivity index (χ1n) is 8.57. The van der Waals surface area contributed by atoms with E-state index in [9.17, 15) is 4.79 Å². The topological polar surface area (TPSA) is 98.7 Å². The number of amides is 1. The SMILES string of the molecule is NCC(=O)NC1CCC(CCn2nnc(-c3ccccc3)n2)CC1. The Balaban J connectivity index is 1.44. The Hall–Kier alpha value is -2.28. The second-order valence-electron chi connectivity index (χ2n) is 6.35. The highest BCUT2D eigenvalue weighted by Gasteiger charge is 2.22. The molecule has 1 aromatic carbocycles. The molecule has 128 valence electrons. The molecule has 2 aromatic rings. The molecule has 7 nitrogen and oxygen atoms in total. The number of carbonyl (C=O) groups is 1. The maximum atomic E-state index is 11.3. The van der Waals surface area contributed by atoms with Crippen molar-refractivity contribution >= 4 is 5.91 Å². The van der Waals surface area contributed by atoms with Crippen molar-refractivity contribution in [2.75, 3.05) is 6.54 Å². The van der Waals surface area contributed by atoms with Crippen LogP contribution in [0.2, 0.25) is 0 Å². The van der Waals surface area contributed by atoms with Crippen LogP contribution in [-0.2, 0) is 11.3 Å². The molecule has 7 heteroatoms. The largest absolute Gasteiger partial charge is 0.352 e. The van der Waals surface area contributed by atoms with Gasteiger partial charge in [0.15, 0.2) is 0 Å². The van der Waals surface area contributed by atoms with Gasteiger partial charge in [0, 0.05) is 11.6 Å². The van der Waals surface area contributed by atoms with Crippen LogP contribution in [0.1, 0.15) is 32.1 Å². The summed E-state index contributed by atoms with van der Waals surface area (Å²) in [6.45, 7) is 0.853. The van der Waals surface area contributed by atoms with Crippen molar-refractivity contribution in [2.24, 2.45) is 11.7 Å². The van der Waals surface area contributed by atoms with Crippen molar-refractivity contribution in [1.29, 1.82) is 0 Å². The van der Waals surface area contributed by atoms with Crippen molar-refractivity contribution in [3.05, 3.63) is 30.3 Å². The molecule has 0 atom stereocenters. The quantitative estimate of drug-likeness (QED) is 0.834. The van der Waals surface area contributed by atoms with Gasteiger partial charge in [-0.1, -0.05) is 30.3 Å². The summed E-state index contributed by atoms with van der Waals surface area (Å²) >= 11 is 0. The Morgan fingerprint density at radius 2 is 1.96 bits per heavy atom. The number of hydrogen-bond acceptors (Lipinski definition) is 5. The fourth-order valence-corrected chi connectivity index (χ4v) is 3.22. The second kappa shape index (κ2) is 8.01. The van der Waals surface area contributed by atoms with E-state index >= 15 is 0 Å². The van der Waals surface area contributed by atoms with Crippen molar-refractivity contribution in [3.8, 4) is 11.4 Å². The summed E-state index contributed by atoms with van der Waals surface area (Å²) in [6.07, 6.45) is 5.33. The van der Waals surface area contributed by atoms with Gasteiger partial charge in [-0.15, -0.1) is 10.2 Å². The van der Waals surface area contributed by atoms with Gasteiger partial charge in [-0.25, -0.2) is 0 Å². The van der Waals surface area contributed by atoms with Crippen LogP contribution in [0.3, 0.4) is 0 Å². The lowest BCUT2D eigenvalue weighted by Gasteiger charge is -2.28. The molecule has 0 radical (unpaired) electrons. The number of aryl methyl sites for hydroxylation is 1. The highest BCUT2D eigenvalue weighted by molar-refractivity contribution is 5.78. The molecular formula is C17H24N6O. The van der Waals surface area contributed by atoms with Gasteiger partial charge < -0.3 is 11.1 Å². The molecule has 3 rings (SSSR count). The smallest absolute Gasteiger partial charge is 0.233 e. The van der Waals surface area contributed by atoms with Gasteiger partial charge in [-0.3, -0.25) is 4.79 Å². The first-order valence-corrected chi connectivity index (χ1v) is 8.57. The van der Waals surface area contributed by atoms with Crippen molar-refractivity contribution < 1.29 is 4.79 Å². The number of nitrogens with zero attached hydrogens (tertiary/aromatic N) is 4. The number of tetrazole rings is 1. The maximum Gasteiger partial charge on any atom is 0.233 e. The Kier molecular flexibility index (Phi) is 5.53. The Bertz CT molecular complexity index is 648. The van der Waals surface area contributed by atoms with Crippen molar-refractivity contribution in [2.45, 2.75) is 44.7 Å². The third kappa shape index (κ3) is 4.38. The van der Waals surface area contributed by atoms with Gasteiger partial charge in [0.2, 0.25) is 11.7 Å². The highest BCUT2D eigenvalue weighted by atomic mass is 16.1. The molecule has 0 bridgehead atoms. The predicted molar refractivity (Wildman–Crippen MR) is 90.8 cm³/mol. The monoisotopic (exact) mass is 328 g/mol. The molecule has 1 amide bonds. The van der Waals surface area contributed by atoms with E-state index in [1.54, 1.807) is 4.80 Å². The normalized spacial score (nSPS) is 20.7. The zero-order chi connectivity index (χ0) is 16.8. The summed E-state index contributed by atoms with van der Waals surface area (Å²) in [7, 11) is 0. The summed E-state index contributed by atoms with van der Waals surface area (Å²) in [4.78, 5) is 13.0. The molecule has 0 spiro atoms. The first-order chi connectivity index (χ1) is 11.7. The van der Waals surface area contributed by atoms with Gasteiger partial charge in [-0.2, -0.15) is 4.80 Å². The van der Waals surface area contributed by atoms with Gasteiger partial charge in [0.1, 0.15) is 0 Å². The van der Waals surface area contributed by atoms with E-state index in [1.165, 1.54) is 0 Å². The molecule has 1 aliphatic carbocycles. The van der Waals surface area contributed by atoms with Gasteiger partial charge in [-0.05, 0) is 43.2 Å². The minimum atomic E-state index is -0.0568. The molecule has 1 fully saturated rings. The summed E-state index contributed by atoms with van der Waals surface area (Å²) in [5.74, 6) is 1.27. The highest BCUT2D eigenvalue weighted by Crippen LogP contribution is 2.27. The van der Waals surface area contributed by atoms with Crippen LogP contribution in [0, 0.1) is 5.92 Å².